The van der Waals surface area contributed by atoms with Crippen LogP contribution in [0.15, 0.2) is 18.2 Å². The van der Waals surface area contributed by atoms with Crippen molar-refractivity contribution in [1.82, 2.24) is 4.98 Å². The van der Waals surface area contributed by atoms with Crippen LogP contribution in [0.25, 0.3) is 10.2 Å². The second-order valence-corrected chi connectivity index (χ2v) is 4.32. The zero-order valence-corrected chi connectivity index (χ0v) is 8.43. The summed E-state index contributed by atoms with van der Waals surface area (Å²) in [5.74, 6) is -1.06. The fourth-order valence-electron chi connectivity index (χ4n) is 1.36. The van der Waals surface area contributed by atoms with Crippen molar-refractivity contribution in [3.63, 3.8) is 0 Å². The SMILES string of the molecule is Cc1nc2cc(CC(=O)[O-])ccc2s1. The summed E-state index contributed by atoms with van der Waals surface area (Å²) in [6.45, 7) is 1.93. The molecular weight excluding hydrogens is 198 g/mol. The molecule has 0 aliphatic rings. The Morgan fingerprint density at radius 1 is 1.57 bits per heavy atom. The van der Waals surface area contributed by atoms with Gasteiger partial charge < -0.3 is 9.90 Å². The summed E-state index contributed by atoms with van der Waals surface area (Å²) < 4.78 is 1.09. The van der Waals surface area contributed by atoms with Gasteiger partial charge in [0, 0.05) is 12.4 Å². The Labute approximate surface area is 85.0 Å². The van der Waals surface area contributed by atoms with Gasteiger partial charge in [0.05, 0.1) is 15.2 Å². The third-order valence-corrected chi connectivity index (χ3v) is 2.86. The van der Waals surface area contributed by atoms with E-state index in [-0.39, 0.29) is 6.42 Å². The monoisotopic (exact) mass is 206 g/mol. The molecule has 4 heteroatoms. The van der Waals surface area contributed by atoms with Gasteiger partial charge >= 0.3 is 0 Å². The number of carbonyl (C=O) groups excluding carboxylic acids is 1. The fourth-order valence-corrected chi connectivity index (χ4v) is 2.17. The van der Waals surface area contributed by atoms with E-state index >= 15 is 0 Å². The quantitative estimate of drug-likeness (QED) is 0.733. The van der Waals surface area contributed by atoms with Gasteiger partial charge in [-0.2, -0.15) is 0 Å². The molecule has 1 aromatic carbocycles. The fraction of sp³-hybridized carbons (Fsp3) is 0.200. The third-order valence-electron chi connectivity index (χ3n) is 1.91. The maximum Gasteiger partial charge on any atom is 0.0907 e. The lowest BCUT2D eigenvalue weighted by Gasteiger charge is -2.01. The Hall–Kier alpha value is -1.42. The van der Waals surface area contributed by atoms with E-state index in [9.17, 15) is 9.90 Å². The maximum atomic E-state index is 10.4. The zero-order chi connectivity index (χ0) is 10.1. The number of rotatable bonds is 2. The van der Waals surface area contributed by atoms with Crippen molar-refractivity contribution in [2.45, 2.75) is 13.3 Å². The molecule has 0 spiro atoms. The van der Waals surface area contributed by atoms with Crippen LogP contribution in [0.4, 0.5) is 0 Å². The topological polar surface area (TPSA) is 53.0 Å². The normalized spacial score (nSPS) is 10.6. The molecular formula is C10H8NO2S-. The van der Waals surface area contributed by atoms with Crippen LogP contribution in [0.2, 0.25) is 0 Å². The Morgan fingerprint density at radius 2 is 2.36 bits per heavy atom. The lowest BCUT2D eigenvalue weighted by Crippen LogP contribution is -2.24. The van der Waals surface area contributed by atoms with Crippen LogP contribution in [-0.4, -0.2) is 11.0 Å². The van der Waals surface area contributed by atoms with E-state index in [4.69, 9.17) is 0 Å². The average Bonchev–Trinajstić information content (AvgIpc) is 2.42. The number of carboxylic acid groups (broad SMARTS) is 1. The molecule has 1 heterocycles. The number of nitrogens with zero attached hydrogens (tertiary/aromatic N) is 1. The summed E-state index contributed by atoms with van der Waals surface area (Å²) in [5.41, 5.74) is 1.61. The van der Waals surface area contributed by atoms with E-state index in [1.807, 2.05) is 13.0 Å². The van der Waals surface area contributed by atoms with E-state index in [0.717, 1.165) is 20.8 Å². The molecule has 0 saturated heterocycles. The summed E-state index contributed by atoms with van der Waals surface area (Å²) in [4.78, 5) is 14.7. The van der Waals surface area contributed by atoms with Crippen LogP contribution < -0.4 is 5.11 Å². The molecule has 0 atom stereocenters. The molecule has 1 aromatic heterocycles. The Kier molecular flexibility index (Phi) is 2.21. The molecule has 0 aliphatic heterocycles. The van der Waals surface area contributed by atoms with Crippen molar-refractivity contribution in [3.05, 3.63) is 28.8 Å². The third kappa shape index (κ3) is 1.75. The summed E-state index contributed by atoms with van der Waals surface area (Å²) >= 11 is 1.61. The van der Waals surface area contributed by atoms with Gasteiger partial charge in [-0.05, 0) is 24.6 Å². The van der Waals surface area contributed by atoms with E-state index in [2.05, 4.69) is 4.98 Å². The smallest absolute Gasteiger partial charge is 0.0907 e. The highest BCUT2D eigenvalue weighted by Gasteiger charge is 2.01. The van der Waals surface area contributed by atoms with E-state index in [0.29, 0.717) is 0 Å². The van der Waals surface area contributed by atoms with Crippen LogP contribution >= 0.6 is 11.3 Å². The van der Waals surface area contributed by atoms with Crippen LogP contribution in [0.1, 0.15) is 10.6 Å². The van der Waals surface area contributed by atoms with Gasteiger partial charge in [0.15, 0.2) is 0 Å². The first kappa shape index (κ1) is 9.15. The Morgan fingerprint density at radius 3 is 3.07 bits per heavy atom. The van der Waals surface area contributed by atoms with Gasteiger partial charge in [-0.1, -0.05) is 6.07 Å². The second kappa shape index (κ2) is 3.38. The number of benzene rings is 1. The standard InChI is InChI=1S/C10H9NO2S/c1-6-11-8-4-7(5-10(12)13)2-3-9(8)14-6/h2-4H,5H2,1H3,(H,12,13)/p-1. The minimum Gasteiger partial charge on any atom is -0.550 e. The van der Waals surface area contributed by atoms with Crippen molar-refractivity contribution in [1.29, 1.82) is 0 Å². The number of hydrogen-bond donors (Lipinski definition) is 0. The number of carboxylic acids is 1. The molecule has 0 bridgehead atoms. The molecule has 2 rings (SSSR count). The van der Waals surface area contributed by atoms with Crippen LogP contribution in [0.5, 0.6) is 0 Å². The van der Waals surface area contributed by atoms with Gasteiger partial charge in [-0.25, -0.2) is 4.98 Å². The molecule has 0 radical (unpaired) electrons. The zero-order valence-electron chi connectivity index (χ0n) is 7.61. The number of thiazole rings is 1. The largest absolute Gasteiger partial charge is 0.550 e. The van der Waals surface area contributed by atoms with Crippen molar-refractivity contribution < 1.29 is 9.90 Å². The van der Waals surface area contributed by atoms with Crippen molar-refractivity contribution in [2.24, 2.45) is 0 Å². The molecule has 3 nitrogen and oxygen atoms in total. The van der Waals surface area contributed by atoms with Gasteiger partial charge in [-0.3, -0.25) is 0 Å². The molecule has 2 aromatic rings. The lowest BCUT2D eigenvalue weighted by atomic mass is 10.1. The molecule has 0 unspecified atom stereocenters. The van der Waals surface area contributed by atoms with Crippen LogP contribution in [0, 0.1) is 6.92 Å². The van der Waals surface area contributed by atoms with Crippen molar-refractivity contribution in [3.8, 4) is 0 Å². The van der Waals surface area contributed by atoms with E-state index in [1.54, 1.807) is 23.5 Å². The van der Waals surface area contributed by atoms with E-state index in [1.165, 1.54) is 0 Å². The highest BCUT2D eigenvalue weighted by molar-refractivity contribution is 7.18. The van der Waals surface area contributed by atoms with Crippen molar-refractivity contribution >= 4 is 27.5 Å². The second-order valence-electron chi connectivity index (χ2n) is 3.08. The number of carbonyl (C=O) groups is 1. The first-order valence-corrected chi connectivity index (χ1v) is 5.03. The summed E-state index contributed by atoms with van der Waals surface area (Å²) in [5, 5.41) is 11.4. The van der Waals surface area contributed by atoms with Crippen LogP contribution in [0.3, 0.4) is 0 Å². The molecule has 0 N–H and O–H groups in total. The highest BCUT2D eigenvalue weighted by Crippen LogP contribution is 2.22. The van der Waals surface area contributed by atoms with Gasteiger partial charge in [-0.15, -0.1) is 11.3 Å². The first-order valence-electron chi connectivity index (χ1n) is 4.21. The molecule has 0 aliphatic carbocycles. The number of hydrogen-bond acceptors (Lipinski definition) is 4. The van der Waals surface area contributed by atoms with Crippen LogP contribution in [-0.2, 0) is 11.2 Å². The van der Waals surface area contributed by atoms with Crippen molar-refractivity contribution in [2.75, 3.05) is 0 Å². The molecule has 0 saturated carbocycles. The maximum absolute atomic E-state index is 10.4. The molecule has 0 fully saturated rings. The number of aryl methyl sites for hydroxylation is 1. The summed E-state index contributed by atoms with van der Waals surface area (Å²) in [7, 11) is 0. The predicted octanol–water partition coefficient (Wildman–Crippen LogP) is 0.897. The highest BCUT2D eigenvalue weighted by atomic mass is 32.1. The number of fused-ring (bicyclic) bond motifs is 1. The minimum absolute atomic E-state index is 0.0491. The Balaban J connectivity index is 2.45. The summed E-state index contributed by atoms with van der Waals surface area (Å²) in [6.07, 6.45) is -0.0491. The number of aliphatic carboxylic acids is 1. The number of aromatic nitrogens is 1. The van der Waals surface area contributed by atoms with Gasteiger partial charge in [0.2, 0.25) is 0 Å². The Bertz CT molecular complexity index is 490. The van der Waals surface area contributed by atoms with Gasteiger partial charge in [0.25, 0.3) is 0 Å². The predicted molar refractivity (Wildman–Crippen MR) is 53.1 cm³/mol. The molecule has 14 heavy (non-hydrogen) atoms. The van der Waals surface area contributed by atoms with Gasteiger partial charge in [0.1, 0.15) is 0 Å². The van der Waals surface area contributed by atoms with E-state index < -0.39 is 5.97 Å². The molecule has 0 amide bonds. The first-order chi connectivity index (χ1) is 6.65. The lowest BCUT2D eigenvalue weighted by molar-refractivity contribution is -0.304. The minimum atomic E-state index is -1.06. The molecule has 72 valence electrons. The summed E-state index contributed by atoms with van der Waals surface area (Å²) in [6, 6.07) is 5.50. The average molecular weight is 206 g/mol.